The molecule has 0 aliphatic heterocycles. The Morgan fingerprint density at radius 3 is 2.50 bits per heavy atom. The molecule has 0 unspecified atom stereocenters. The Morgan fingerprint density at radius 2 is 1.95 bits per heavy atom. The molecule has 1 aliphatic carbocycles. The molecule has 116 valence electrons. The summed E-state index contributed by atoms with van der Waals surface area (Å²) in [6.07, 6.45) is 1.83. The van der Waals surface area contributed by atoms with Crippen molar-refractivity contribution in [2.75, 3.05) is 10.0 Å². The lowest BCUT2D eigenvalue weighted by Gasteiger charge is -2.07. The molecular weight excluding hydrogens is 306 g/mol. The molecule has 1 aromatic carbocycles. The minimum absolute atomic E-state index is 0.0215. The number of rotatable bonds is 5. The number of carbonyl (C=O) groups is 1. The number of hydrogen-bond donors (Lipinski definition) is 2. The normalized spacial score (nSPS) is 14.6. The van der Waals surface area contributed by atoms with Crippen molar-refractivity contribution >= 4 is 27.4 Å². The van der Waals surface area contributed by atoms with Crippen LogP contribution in [0, 0.1) is 12.8 Å². The number of nitrogens with zero attached hydrogens (tertiary/aromatic N) is 1. The van der Waals surface area contributed by atoms with Crippen LogP contribution >= 0.6 is 0 Å². The summed E-state index contributed by atoms with van der Waals surface area (Å²) in [5, 5.41) is 6.34. The Hall–Kier alpha value is -2.35. The maximum Gasteiger partial charge on any atom is 0.263 e. The third-order valence-corrected chi connectivity index (χ3v) is 4.62. The molecule has 1 heterocycles. The summed E-state index contributed by atoms with van der Waals surface area (Å²) in [7, 11) is -3.73. The monoisotopic (exact) mass is 321 g/mol. The number of aryl methyl sites for hydroxylation is 1. The second-order valence-corrected chi connectivity index (χ2v) is 6.90. The summed E-state index contributed by atoms with van der Waals surface area (Å²) in [6, 6.07) is 7.46. The van der Waals surface area contributed by atoms with Gasteiger partial charge in [-0.15, -0.1) is 0 Å². The zero-order chi connectivity index (χ0) is 15.7. The van der Waals surface area contributed by atoms with E-state index >= 15 is 0 Å². The topological polar surface area (TPSA) is 101 Å². The highest BCUT2D eigenvalue weighted by atomic mass is 32.2. The van der Waals surface area contributed by atoms with Crippen molar-refractivity contribution < 1.29 is 17.7 Å². The highest BCUT2D eigenvalue weighted by Gasteiger charge is 2.29. The average Bonchev–Trinajstić information content (AvgIpc) is 3.24. The summed E-state index contributed by atoms with van der Waals surface area (Å²) in [5.41, 5.74) is 0.577. The second kappa shape index (κ2) is 5.45. The van der Waals surface area contributed by atoms with Gasteiger partial charge < -0.3 is 9.84 Å². The third kappa shape index (κ3) is 3.28. The highest BCUT2D eigenvalue weighted by molar-refractivity contribution is 7.92. The van der Waals surface area contributed by atoms with Crippen molar-refractivity contribution in [2.45, 2.75) is 24.7 Å². The zero-order valence-electron chi connectivity index (χ0n) is 11.9. The zero-order valence-corrected chi connectivity index (χ0v) is 12.7. The van der Waals surface area contributed by atoms with Gasteiger partial charge in [-0.3, -0.25) is 9.52 Å². The van der Waals surface area contributed by atoms with Gasteiger partial charge in [0.25, 0.3) is 10.0 Å². The number of hydrogen-bond acceptors (Lipinski definition) is 5. The van der Waals surface area contributed by atoms with Gasteiger partial charge in [-0.25, -0.2) is 8.42 Å². The van der Waals surface area contributed by atoms with E-state index in [4.69, 9.17) is 4.52 Å². The Kier molecular flexibility index (Phi) is 3.61. The molecule has 0 radical (unpaired) electrons. The molecule has 8 heteroatoms. The summed E-state index contributed by atoms with van der Waals surface area (Å²) >= 11 is 0. The van der Waals surface area contributed by atoms with Crippen LogP contribution in [0.5, 0.6) is 0 Å². The predicted octanol–water partition coefficient (Wildman–Crippen LogP) is 2.13. The third-order valence-electron chi connectivity index (χ3n) is 3.25. The van der Waals surface area contributed by atoms with Crippen LogP contribution in [0.15, 0.2) is 39.8 Å². The van der Waals surface area contributed by atoms with Gasteiger partial charge in [0.15, 0.2) is 5.82 Å². The maximum atomic E-state index is 12.2. The summed E-state index contributed by atoms with van der Waals surface area (Å²) < 4.78 is 31.5. The fourth-order valence-corrected chi connectivity index (χ4v) is 2.90. The van der Waals surface area contributed by atoms with Gasteiger partial charge in [-0.1, -0.05) is 5.16 Å². The number of amides is 1. The van der Waals surface area contributed by atoms with Crippen LogP contribution in [0.2, 0.25) is 0 Å². The first kappa shape index (κ1) is 14.6. The van der Waals surface area contributed by atoms with Gasteiger partial charge in [0, 0.05) is 17.7 Å². The molecule has 0 spiro atoms. The van der Waals surface area contributed by atoms with Gasteiger partial charge in [0.1, 0.15) is 5.76 Å². The first-order valence-electron chi connectivity index (χ1n) is 6.81. The fraction of sp³-hybridized carbons (Fsp3) is 0.286. The van der Waals surface area contributed by atoms with Crippen LogP contribution in [0.25, 0.3) is 0 Å². The molecule has 1 saturated carbocycles. The minimum Gasteiger partial charge on any atom is -0.360 e. The summed E-state index contributed by atoms with van der Waals surface area (Å²) in [5.74, 6) is 0.715. The van der Waals surface area contributed by atoms with Crippen LogP contribution in [0.1, 0.15) is 18.6 Å². The van der Waals surface area contributed by atoms with E-state index < -0.39 is 10.0 Å². The molecule has 1 amide bonds. The molecule has 0 atom stereocenters. The Morgan fingerprint density at radius 1 is 1.27 bits per heavy atom. The molecule has 3 rings (SSSR count). The van der Waals surface area contributed by atoms with E-state index in [2.05, 4.69) is 15.2 Å². The molecule has 0 bridgehead atoms. The SMILES string of the molecule is Cc1cc(NS(=O)(=O)c2ccc(NC(=O)C3CC3)cc2)no1. The van der Waals surface area contributed by atoms with Crippen LogP contribution in [-0.2, 0) is 14.8 Å². The van der Waals surface area contributed by atoms with E-state index in [1.807, 2.05) is 0 Å². The largest absolute Gasteiger partial charge is 0.360 e. The second-order valence-electron chi connectivity index (χ2n) is 5.22. The van der Waals surface area contributed by atoms with Crippen molar-refractivity contribution in [3.05, 3.63) is 36.1 Å². The molecular formula is C14H15N3O4S. The van der Waals surface area contributed by atoms with Gasteiger partial charge in [0.05, 0.1) is 4.90 Å². The minimum atomic E-state index is -3.73. The molecule has 2 aromatic rings. The van der Waals surface area contributed by atoms with E-state index in [-0.39, 0.29) is 22.5 Å². The first-order valence-corrected chi connectivity index (χ1v) is 8.29. The lowest BCUT2D eigenvalue weighted by Crippen LogP contribution is -2.15. The predicted molar refractivity (Wildman–Crippen MR) is 79.8 cm³/mol. The van der Waals surface area contributed by atoms with Crippen molar-refractivity contribution in [2.24, 2.45) is 5.92 Å². The Balaban J connectivity index is 1.72. The number of anilines is 2. The van der Waals surface area contributed by atoms with Crippen LogP contribution < -0.4 is 10.0 Å². The van der Waals surface area contributed by atoms with E-state index in [1.165, 1.54) is 18.2 Å². The lowest BCUT2D eigenvalue weighted by atomic mass is 10.3. The summed E-state index contributed by atoms with van der Waals surface area (Å²) in [6.45, 7) is 1.67. The van der Waals surface area contributed by atoms with Crippen molar-refractivity contribution in [1.29, 1.82) is 0 Å². The number of nitrogens with one attached hydrogen (secondary N) is 2. The summed E-state index contributed by atoms with van der Waals surface area (Å²) in [4.78, 5) is 11.7. The van der Waals surface area contributed by atoms with Gasteiger partial charge >= 0.3 is 0 Å². The smallest absolute Gasteiger partial charge is 0.263 e. The molecule has 1 fully saturated rings. The Labute approximate surface area is 127 Å². The number of carbonyl (C=O) groups excluding carboxylic acids is 1. The number of benzene rings is 1. The van der Waals surface area contributed by atoms with E-state index in [1.54, 1.807) is 19.1 Å². The average molecular weight is 321 g/mol. The van der Waals surface area contributed by atoms with E-state index in [0.29, 0.717) is 11.4 Å². The van der Waals surface area contributed by atoms with Crippen LogP contribution in [0.4, 0.5) is 11.5 Å². The van der Waals surface area contributed by atoms with E-state index in [0.717, 1.165) is 12.8 Å². The fourth-order valence-electron chi connectivity index (χ4n) is 1.92. The first-order chi connectivity index (χ1) is 10.4. The quantitative estimate of drug-likeness (QED) is 0.878. The van der Waals surface area contributed by atoms with Gasteiger partial charge in [-0.2, -0.15) is 0 Å². The molecule has 22 heavy (non-hydrogen) atoms. The van der Waals surface area contributed by atoms with Crippen LogP contribution in [-0.4, -0.2) is 19.5 Å². The molecule has 0 saturated heterocycles. The lowest BCUT2D eigenvalue weighted by molar-refractivity contribution is -0.117. The van der Waals surface area contributed by atoms with Crippen molar-refractivity contribution in [3.8, 4) is 0 Å². The molecule has 1 aliphatic rings. The van der Waals surface area contributed by atoms with Crippen LogP contribution in [0.3, 0.4) is 0 Å². The van der Waals surface area contributed by atoms with Gasteiger partial charge in [-0.05, 0) is 44.0 Å². The maximum absolute atomic E-state index is 12.2. The molecule has 1 aromatic heterocycles. The number of sulfonamides is 1. The van der Waals surface area contributed by atoms with E-state index in [9.17, 15) is 13.2 Å². The highest BCUT2D eigenvalue weighted by Crippen LogP contribution is 2.30. The molecule has 2 N–H and O–H groups in total. The molecule has 7 nitrogen and oxygen atoms in total. The Bertz CT molecular complexity index is 792. The standard InChI is InChI=1S/C14H15N3O4S/c1-9-8-13(16-21-9)17-22(19,20)12-6-4-11(5-7-12)15-14(18)10-2-3-10/h4-8,10H,2-3H2,1H3,(H,15,18)(H,16,17). The van der Waals surface area contributed by atoms with Crippen molar-refractivity contribution in [1.82, 2.24) is 5.16 Å². The van der Waals surface area contributed by atoms with Crippen molar-refractivity contribution in [3.63, 3.8) is 0 Å². The number of aromatic nitrogens is 1. The van der Waals surface area contributed by atoms with Gasteiger partial charge in [0.2, 0.25) is 5.91 Å².